The van der Waals surface area contributed by atoms with E-state index in [1.54, 1.807) is 24.3 Å². The Balaban J connectivity index is 1.75. The number of rotatable bonds is 4. The zero-order valence-corrected chi connectivity index (χ0v) is 14.0. The van der Waals surface area contributed by atoms with Gasteiger partial charge in [0.1, 0.15) is 17.3 Å². The highest BCUT2D eigenvalue weighted by atomic mass is 35.5. The molecule has 0 bridgehead atoms. The van der Waals surface area contributed by atoms with Crippen LogP contribution in [0.25, 0.3) is 0 Å². The Kier molecular flexibility index (Phi) is 4.23. The fourth-order valence-electron chi connectivity index (χ4n) is 2.28. The van der Waals surface area contributed by atoms with E-state index in [0.717, 1.165) is 4.31 Å². The third kappa shape index (κ3) is 2.89. The summed E-state index contributed by atoms with van der Waals surface area (Å²) in [5.41, 5.74) is 0.174. The SMILES string of the molecule is O=C1c2ccccc2S(=O)(=O)N1CCOc1cc(Cl)ccc1Cl. The molecule has 0 saturated heterocycles. The topological polar surface area (TPSA) is 63.7 Å². The Labute approximate surface area is 143 Å². The van der Waals surface area contributed by atoms with Crippen molar-refractivity contribution in [2.75, 3.05) is 13.2 Å². The fourth-order valence-corrected chi connectivity index (χ4v) is 4.17. The maximum Gasteiger partial charge on any atom is 0.269 e. The van der Waals surface area contributed by atoms with Gasteiger partial charge in [0.15, 0.2) is 0 Å². The van der Waals surface area contributed by atoms with E-state index >= 15 is 0 Å². The van der Waals surface area contributed by atoms with E-state index in [2.05, 4.69) is 0 Å². The number of hydrogen-bond donors (Lipinski definition) is 0. The van der Waals surface area contributed by atoms with E-state index in [-0.39, 0.29) is 23.6 Å². The van der Waals surface area contributed by atoms with Crippen LogP contribution in [-0.2, 0) is 10.0 Å². The maximum absolute atomic E-state index is 12.4. The fraction of sp³-hybridized carbons (Fsp3) is 0.133. The molecule has 5 nitrogen and oxygen atoms in total. The standard InChI is InChI=1S/C15H11Cl2NO4S/c16-10-5-6-12(17)13(9-10)22-8-7-18-15(19)11-3-1-2-4-14(11)23(18,20)21/h1-6,9H,7-8H2. The van der Waals surface area contributed by atoms with Crippen molar-refractivity contribution in [1.29, 1.82) is 0 Å². The van der Waals surface area contributed by atoms with Crippen LogP contribution in [0.1, 0.15) is 10.4 Å². The Morgan fingerprint density at radius 1 is 1.09 bits per heavy atom. The van der Waals surface area contributed by atoms with Crippen LogP contribution in [0.4, 0.5) is 0 Å². The van der Waals surface area contributed by atoms with Gasteiger partial charge in [-0.15, -0.1) is 0 Å². The first-order chi connectivity index (χ1) is 10.9. The van der Waals surface area contributed by atoms with Crippen molar-refractivity contribution in [1.82, 2.24) is 4.31 Å². The number of hydrogen-bond acceptors (Lipinski definition) is 4. The Morgan fingerprint density at radius 2 is 1.83 bits per heavy atom. The molecule has 0 spiro atoms. The molecule has 0 saturated carbocycles. The zero-order chi connectivity index (χ0) is 16.6. The van der Waals surface area contributed by atoms with E-state index in [9.17, 15) is 13.2 Å². The summed E-state index contributed by atoms with van der Waals surface area (Å²) in [6.07, 6.45) is 0. The van der Waals surface area contributed by atoms with E-state index in [0.29, 0.717) is 15.8 Å². The lowest BCUT2D eigenvalue weighted by Gasteiger charge is -2.16. The van der Waals surface area contributed by atoms with E-state index in [1.165, 1.54) is 18.2 Å². The van der Waals surface area contributed by atoms with Gasteiger partial charge in [-0.25, -0.2) is 12.7 Å². The summed E-state index contributed by atoms with van der Waals surface area (Å²) in [5, 5.41) is 0.801. The number of ether oxygens (including phenoxy) is 1. The third-order valence-electron chi connectivity index (χ3n) is 3.36. The van der Waals surface area contributed by atoms with Gasteiger partial charge in [0.25, 0.3) is 15.9 Å². The second-order valence-corrected chi connectivity index (χ2v) is 7.48. The summed E-state index contributed by atoms with van der Waals surface area (Å²) >= 11 is 11.8. The third-order valence-corrected chi connectivity index (χ3v) is 5.75. The minimum absolute atomic E-state index is 0.0192. The van der Waals surface area contributed by atoms with Crippen LogP contribution < -0.4 is 4.74 Å². The van der Waals surface area contributed by atoms with E-state index < -0.39 is 15.9 Å². The number of carbonyl (C=O) groups excluding carboxylic acids is 1. The molecule has 2 aromatic carbocycles. The number of amides is 1. The lowest BCUT2D eigenvalue weighted by molar-refractivity contribution is 0.0857. The van der Waals surface area contributed by atoms with Crippen LogP contribution in [0.3, 0.4) is 0 Å². The average Bonchev–Trinajstić information content (AvgIpc) is 2.72. The van der Waals surface area contributed by atoms with Crippen LogP contribution in [-0.4, -0.2) is 31.8 Å². The average molecular weight is 372 g/mol. The summed E-state index contributed by atoms with van der Waals surface area (Å²) in [6, 6.07) is 10.8. The Morgan fingerprint density at radius 3 is 2.57 bits per heavy atom. The van der Waals surface area contributed by atoms with Crippen LogP contribution >= 0.6 is 23.2 Å². The molecule has 1 aliphatic rings. The van der Waals surface area contributed by atoms with Gasteiger partial charge >= 0.3 is 0 Å². The Hall–Kier alpha value is -1.76. The van der Waals surface area contributed by atoms with Gasteiger partial charge in [-0.2, -0.15) is 0 Å². The molecule has 120 valence electrons. The van der Waals surface area contributed by atoms with E-state index in [4.69, 9.17) is 27.9 Å². The highest BCUT2D eigenvalue weighted by molar-refractivity contribution is 7.90. The van der Waals surface area contributed by atoms with Crippen LogP contribution in [0.15, 0.2) is 47.4 Å². The molecular formula is C15H11Cl2NO4S. The molecule has 8 heteroatoms. The second-order valence-electron chi connectivity index (χ2n) is 4.80. The number of fused-ring (bicyclic) bond motifs is 1. The molecule has 0 atom stereocenters. The number of benzene rings is 2. The van der Waals surface area contributed by atoms with Gasteiger partial charge in [0.2, 0.25) is 0 Å². The number of sulfonamides is 1. The first-order valence-corrected chi connectivity index (χ1v) is 8.85. The lowest BCUT2D eigenvalue weighted by atomic mass is 10.2. The predicted octanol–water partition coefficient (Wildman–Crippen LogP) is 3.22. The molecule has 0 N–H and O–H groups in total. The molecule has 23 heavy (non-hydrogen) atoms. The normalized spacial score (nSPS) is 15.6. The van der Waals surface area contributed by atoms with Gasteiger partial charge in [0, 0.05) is 11.1 Å². The van der Waals surface area contributed by atoms with Crippen molar-refractivity contribution in [3.8, 4) is 5.75 Å². The van der Waals surface area contributed by atoms with Crippen molar-refractivity contribution < 1.29 is 17.9 Å². The lowest BCUT2D eigenvalue weighted by Crippen LogP contribution is -2.33. The molecule has 1 heterocycles. The summed E-state index contributed by atoms with van der Waals surface area (Å²) in [5.74, 6) is -0.220. The molecule has 1 aliphatic heterocycles. The van der Waals surface area contributed by atoms with E-state index in [1.807, 2.05) is 0 Å². The number of carbonyl (C=O) groups is 1. The Bertz CT molecular complexity index is 883. The molecule has 0 aliphatic carbocycles. The highest BCUT2D eigenvalue weighted by Gasteiger charge is 2.40. The maximum atomic E-state index is 12.4. The van der Waals surface area contributed by atoms with Crippen molar-refractivity contribution in [3.63, 3.8) is 0 Å². The summed E-state index contributed by atoms with van der Waals surface area (Å²) in [6.45, 7) is -0.141. The van der Waals surface area contributed by atoms with Crippen molar-refractivity contribution in [2.24, 2.45) is 0 Å². The minimum atomic E-state index is -3.82. The van der Waals surface area contributed by atoms with Gasteiger partial charge in [0.05, 0.1) is 17.1 Å². The molecule has 0 fully saturated rings. The molecule has 1 amide bonds. The van der Waals surface area contributed by atoms with Crippen molar-refractivity contribution in [2.45, 2.75) is 4.90 Å². The van der Waals surface area contributed by atoms with Crippen LogP contribution in [0, 0.1) is 0 Å². The van der Waals surface area contributed by atoms with Crippen LogP contribution in [0.5, 0.6) is 5.75 Å². The first-order valence-electron chi connectivity index (χ1n) is 6.65. The van der Waals surface area contributed by atoms with Gasteiger partial charge in [-0.1, -0.05) is 35.3 Å². The van der Waals surface area contributed by atoms with Crippen LogP contribution in [0.2, 0.25) is 10.0 Å². The van der Waals surface area contributed by atoms with Gasteiger partial charge < -0.3 is 4.74 Å². The highest BCUT2D eigenvalue weighted by Crippen LogP contribution is 2.30. The van der Waals surface area contributed by atoms with Crippen molar-refractivity contribution in [3.05, 3.63) is 58.1 Å². The van der Waals surface area contributed by atoms with Gasteiger partial charge in [-0.05, 0) is 24.3 Å². The summed E-state index contributed by atoms with van der Waals surface area (Å²) < 4.78 is 31.0. The molecule has 0 unspecified atom stereocenters. The number of halogens is 2. The first kappa shape index (κ1) is 16.1. The molecular weight excluding hydrogens is 361 g/mol. The monoisotopic (exact) mass is 371 g/mol. The quantitative estimate of drug-likeness (QED) is 0.827. The zero-order valence-electron chi connectivity index (χ0n) is 11.7. The largest absolute Gasteiger partial charge is 0.490 e. The molecule has 0 aromatic heterocycles. The minimum Gasteiger partial charge on any atom is -0.490 e. The molecule has 3 rings (SSSR count). The second kappa shape index (κ2) is 6.03. The number of nitrogens with zero attached hydrogens (tertiary/aromatic N) is 1. The molecule has 2 aromatic rings. The smallest absolute Gasteiger partial charge is 0.269 e. The summed E-state index contributed by atoms with van der Waals surface area (Å²) in [7, 11) is -3.82. The van der Waals surface area contributed by atoms with Crippen molar-refractivity contribution >= 4 is 39.1 Å². The summed E-state index contributed by atoms with van der Waals surface area (Å²) in [4.78, 5) is 12.2. The predicted molar refractivity (Wildman–Crippen MR) is 86.6 cm³/mol. The molecule has 0 radical (unpaired) electrons. The van der Waals surface area contributed by atoms with Gasteiger partial charge in [-0.3, -0.25) is 4.79 Å².